The molecule has 8 heteroatoms. The predicted octanol–water partition coefficient (Wildman–Crippen LogP) is 2.46. The molecule has 1 aromatic carbocycles. The number of methoxy groups -OCH3 is 1. The summed E-state index contributed by atoms with van der Waals surface area (Å²) in [7, 11) is 3.25. The highest BCUT2D eigenvalue weighted by molar-refractivity contribution is 5.82. The first-order valence-corrected chi connectivity index (χ1v) is 9.59. The molecule has 0 saturated carbocycles. The van der Waals surface area contributed by atoms with Crippen LogP contribution in [0.1, 0.15) is 26.2 Å². The Balaban J connectivity index is 1.60. The standard InChI is InChI=1S/C20H27N3O5/c1-4-27-19(25)13-22(2)18(24)10-14-6-5-9-23(12-14)20-21-16-11-15(26-3)7-8-17(16)28-20/h7-8,11,14H,4-6,9-10,12-13H2,1-3H3. The molecule has 1 saturated heterocycles. The van der Waals surface area contributed by atoms with Crippen molar-refractivity contribution in [3.8, 4) is 5.75 Å². The number of nitrogens with zero attached hydrogens (tertiary/aromatic N) is 3. The average Bonchev–Trinajstić information content (AvgIpc) is 3.11. The van der Waals surface area contributed by atoms with E-state index in [9.17, 15) is 9.59 Å². The number of esters is 1. The van der Waals surface area contributed by atoms with Gasteiger partial charge in [0.15, 0.2) is 5.58 Å². The fourth-order valence-corrected chi connectivity index (χ4v) is 3.45. The van der Waals surface area contributed by atoms with Crippen molar-refractivity contribution in [3.63, 3.8) is 0 Å². The number of hydrogen-bond donors (Lipinski definition) is 0. The zero-order valence-corrected chi connectivity index (χ0v) is 16.6. The topological polar surface area (TPSA) is 85.1 Å². The number of carbonyl (C=O) groups excluding carboxylic acids is 2. The van der Waals surface area contributed by atoms with Gasteiger partial charge in [-0.15, -0.1) is 0 Å². The van der Waals surface area contributed by atoms with Crippen molar-refractivity contribution in [2.24, 2.45) is 5.92 Å². The molecule has 1 fully saturated rings. The SMILES string of the molecule is CCOC(=O)CN(C)C(=O)CC1CCCN(c2nc3cc(OC)ccc3o2)C1. The van der Waals surface area contributed by atoms with Gasteiger partial charge in [0, 0.05) is 32.6 Å². The molecule has 2 heterocycles. The van der Waals surface area contributed by atoms with E-state index < -0.39 is 0 Å². The molecule has 1 aliphatic rings. The summed E-state index contributed by atoms with van der Waals surface area (Å²) in [6, 6.07) is 6.10. The Morgan fingerprint density at radius 1 is 1.39 bits per heavy atom. The summed E-state index contributed by atoms with van der Waals surface area (Å²) in [6.07, 6.45) is 2.31. The number of oxazole rings is 1. The lowest BCUT2D eigenvalue weighted by Crippen LogP contribution is -2.39. The zero-order valence-electron chi connectivity index (χ0n) is 16.6. The highest BCUT2D eigenvalue weighted by atomic mass is 16.5. The van der Waals surface area contributed by atoms with Gasteiger partial charge in [-0.2, -0.15) is 4.98 Å². The lowest BCUT2D eigenvalue weighted by atomic mass is 9.94. The number of aromatic nitrogens is 1. The van der Waals surface area contributed by atoms with Crippen molar-refractivity contribution < 1.29 is 23.5 Å². The zero-order chi connectivity index (χ0) is 20.1. The molecule has 3 rings (SSSR count). The molecule has 8 nitrogen and oxygen atoms in total. The van der Waals surface area contributed by atoms with Gasteiger partial charge in [-0.25, -0.2) is 0 Å². The second-order valence-electron chi connectivity index (χ2n) is 7.04. The van der Waals surface area contributed by atoms with Crippen molar-refractivity contribution in [3.05, 3.63) is 18.2 Å². The molecular weight excluding hydrogens is 362 g/mol. The van der Waals surface area contributed by atoms with Gasteiger partial charge in [-0.3, -0.25) is 9.59 Å². The van der Waals surface area contributed by atoms with Crippen LogP contribution in [0, 0.1) is 5.92 Å². The van der Waals surface area contributed by atoms with E-state index in [0.29, 0.717) is 31.2 Å². The third-order valence-electron chi connectivity index (χ3n) is 4.93. The second-order valence-corrected chi connectivity index (χ2v) is 7.04. The maximum atomic E-state index is 12.5. The van der Waals surface area contributed by atoms with E-state index in [-0.39, 0.29) is 24.3 Å². The molecule has 1 aromatic heterocycles. The fourth-order valence-electron chi connectivity index (χ4n) is 3.45. The Bertz CT molecular complexity index is 834. The number of hydrogen-bond acceptors (Lipinski definition) is 7. The van der Waals surface area contributed by atoms with Crippen LogP contribution < -0.4 is 9.64 Å². The molecule has 1 atom stereocenters. The summed E-state index contributed by atoms with van der Waals surface area (Å²) < 4.78 is 16.0. The minimum Gasteiger partial charge on any atom is -0.497 e. The van der Waals surface area contributed by atoms with E-state index in [0.717, 1.165) is 30.7 Å². The first kappa shape index (κ1) is 20.0. The molecule has 152 valence electrons. The van der Waals surface area contributed by atoms with Crippen LogP contribution in [-0.2, 0) is 14.3 Å². The summed E-state index contributed by atoms with van der Waals surface area (Å²) in [4.78, 5) is 32.1. The molecule has 0 radical (unpaired) electrons. The third kappa shape index (κ3) is 4.74. The van der Waals surface area contributed by atoms with Crippen LogP contribution in [0.15, 0.2) is 22.6 Å². The maximum absolute atomic E-state index is 12.5. The van der Waals surface area contributed by atoms with Crippen LogP contribution in [0.3, 0.4) is 0 Å². The van der Waals surface area contributed by atoms with Crippen LogP contribution in [0.2, 0.25) is 0 Å². The number of rotatable bonds is 7. The summed E-state index contributed by atoms with van der Waals surface area (Å²) in [5, 5.41) is 0. The van der Waals surface area contributed by atoms with Crippen molar-refractivity contribution in [1.82, 2.24) is 9.88 Å². The molecule has 0 spiro atoms. The summed E-state index contributed by atoms with van der Waals surface area (Å²) in [5.41, 5.74) is 1.46. The van der Waals surface area contributed by atoms with E-state index in [1.807, 2.05) is 18.2 Å². The third-order valence-corrected chi connectivity index (χ3v) is 4.93. The Morgan fingerprint density at radius 3 is 2.96 bits per heavy atom. The molecule has 28 heavy (non-hydrogen) atoms. The van der Waals surface area contributed by atoms with E-state index in [1.165, 1.54) is 4.90 Å². The predicted molar refractivity (Wildman–Crippen MR) is 104 cm³/mol. The van der Waals surface area contributed by atoms with Crippen molar-refractivity contribution in [2.45, 2.75) is 26.2 Å². The molecule has 0 aliphatic carbocycles. The summed E-state index contributed by atoms with van der Waals surface area (Å²) >= 11 is 0. The number of fused-ring (bicyclic) bond motifs is 1. The molecular formula is C20H27N3O5. The number of benzene rings is 1. The number of carbonyl (C=O) groups is 2. The first-order valence-electron chi connectivity index (χ1n) is 9.59. The number of piperidine rings is 1. The molecule has 1 amide bonds. The van der Waals surface area contributed by atoms with Crippen molar-refractivity contribution in [1.29, 1.82) is 0 Å². The van der Waals surface area contributed by atoms with Gasteiger partial charge in [-0.05, 0) is 37.8 Å². The number of likely N-dealkylation sites (N-methyl/N-ethyl adjacent to an activating group) is 1. The summed E-state index contributed by atoms with van der Waals surface area (Å²) in [6.45, 7) is 3.58. The van der Waals surface area contributed by atoms with Gasteiger partial charge in [-0.1, -0.05) is 0 Å². The monoisotopic (exact) mass is 389 g/mol. The van der Waals surface area contributed by atoms with Crippen LogP contribution in [0.4, 0.5) is 6.01 Å². The van der Waals surface area contributed by atoms with Crippen LogP contribution in [0.5, 0.6) is 5.75 Å². The van der Waals surface area contributed by atoms with Crippen LogP contribution in [-0.4, -0.2) is 62.2 Å². The maximum Gasteiger partial charge on any atom is 0.325 e. The first-order chi connectivity index (χ1) is 13.5. The Labute approximate surface area is 164 Å². The number of amides is 1. The highest BCUT2D eigenvalue weighted by Gasteiger charge is 2.27. The normalized spacial score (nSPS) is 16.8. The average molecular weight is 389 g/mol. The molecule has 0 N–H and O–H groups in total. The van der Waals surface area contributed by atoms with E-state index >= 15 is 0 Å². The van der Waals surface area contributed by atoms with Gasteiger partial charge in [0.05, 0.1) is 13.7 Å². The highest BCUT2D eigenvalue weighted by Crippen LogP contribution is 2.29. The minimum absolute atomic E-state index is 0.0178. The van der Waals surface area contributed by atoms with E-state index in [4.69, 9.17) is 13.9 Å². The summed E-state index contributed by atoms with van der Waals surface area (Å²) in [5.74, 6) is 0.488. The largest absolute Gasteiger partial charge is 0.497 e. The number of ether oxygens (including phenoxy) is 2. The van der Waals surface area contributed by atoms with Gasteiger partial charge < -0.3 is 23.7 Å². The number of anilines is 1. The van der Waals surface area contributed by atoms with Gasteiger partial charge in [0.2, 0.25) is 5.91 Å². The molecule has 2 aromatic rings. The van der Waals surface area contributed by atoms with Crippen LogP contribution >= 0.6 is 0 Å². The Morgan fingerprint density at radius 2 is 2.21 bits per heavy atom. The van der Waals surface area contributed by atoms with Gasteiger partial charge in [0.25, 0.3) is 6.01 Å². The smallest absolute Gasteiger partial charge is 0.325 e. The lowest BCUT2D eigenvalue weighted by molar-refractivity contribution is -0.148. The van der Waals surface area contributed by atoms with Gasteiger partial charge >= 0.3 is 5.97 Å². The Hall–Kier alpha value is -2.77. The minimum atomic E-state index is -0.384. The van der Waals surface area contributed by atoms with Crippen molar-refractivity contribution >= 4 is 29.0 Å². The molecule has 0 bridgehead atoms. The molecule has 1 unspecified atom stereocenters. The van der Waals surface area contributed by atoms with Gasteiger partial charge in [0.1, 0.15) is 17.8 Å². The lowest BCUT2D eigenvalue weighted by Gasteiger charge is -2.32. The van der Waals surface area contributed by atoms with E-state index in [1.54, 1.807) is 21.1 Å². The molecule has 1 aliphatic heterocycles. The van der Waals surface area contributed by atoms with Crippen LogP contribution in [0.25, 0.3) is 11.1 Å². The van der Waals surface area contributed by atoms with E-state index in [2.05, 4.69) is 9.88 Å². The Kier molecular flexibility index (Phi) is 6.38. The fraction of sp³-hybridized carbons (Fsp3) is 0.550. The quantitative estimate of drug-likeness (QED) is 0.673. The van der Waals surface area contributed by atoms with Crippen molar-refractivity contribution in [2.75, 3.05) is 45.3 Å². The second kappa shape index (κ2) is 8.95.